The second kappa shape index (κ2) is 6.97. The average Bonchev–Trinajstić information content (AvgIpc) is 2.78. The number of hydrogen-bond acceptors (Lipinski definition) is 4. The van der Waals surface area contributed by atoms with E-state index in [0.717, 1.165) is 20.6 Å². The SMILES string of the molecule is CNCCC(=O)Nc1nc(-c2ccc(Br)cc2)c(C)s1. The number of aryl methyl sites for hydroxylation is 1. The highest BCUT2D eigenvalue weighted by Gasteiger charge is 2.11. The second-order valence-electron chi connectivity index (χ2n) is 4.33. The largest absolute Gasteiger partial charge is 0.319 e. The first-order chi connectivity index (χ1) is 9.60. The Labute approximate surface area is 130 Å². The van der Waals surface area contributed by atoms with Crippen molar-refractivity contribution in [2.45, 2.75) is 13.3 Å². The number of nitrogens with one attached hydrogen (secondary N) is 2. The molecular formula is C14H16BrN3OS. The molecule has 4 nitrogen and oxygen atoms in total. The molecule has 0 fully saturated rings. The molecule has 2 N–H and O–H groups in total. The van der Waals surface area contributed by atoms with E-state index in [2.05, 4.69) is 31.5 Å². The van der Waals surface area contributed by atoms with Crippen molar-refractivity contribution in [1.29, 1.82) is 0 Å². The van der Waals surface area contributed by atoms with Gasteiger partial charge in [-0.1, -0.05) is 28.1 Å². The number of aromatic nitrogens is 1. The Hall–Kier alpha value is -1.24. The van der Waals surface area contributed by atoms with Crippen LogP contribution in [0.25, 0.3) is 11.3 Å². The lowest BCUT2D eigenvalue weighted by Gasteiger charge is -2.00. The van der Waals surface area contributed by atoms with Crippen molar-refractivity contribution in [2.75, 3.05) is 18.9 Å². The second-order valence-corrected chi connectivity index (χ2v) is 6.45. The number of anilines is 1. The molecule has 1 aromatic heterocycles. The molecule has 0 saturated carbocycles. The number of rotatable bonds is 5. The van der Waals surface area contributed by atoms with E-state index in [-0.39, 0.29) is 5.91 Å². The maximum absolute atomic E-state index is 11.7. The van der Waals surface area contributed by atoms with Gasteiger partial charge < -0.3 is 10.6 Å². The summed E-state index contributed by atoms with van der Waals surface area (Å²) in [5.41, 5.74) is 1.98. The molecule has 0 atom stereocenters. The molecule has 0 aliphatic heterocycles. The molecule has 106 valence electrons. The molecule has 1 aromatic carbocycles. The summed E-state index contributed by atoms with van der Waals surface area (Å²) in [7, 11) is 1.83. The first kappa shape index (κ1) is 15.2. The van der Waals surface area contributed by atoms with Crippen molar-refractivity contribution in [3.05, 3.63) is 33.6 Å². The van der Waals surface area contributed by atoms with Gasteiger partial charge in [0.2, 0.25) is 5.91 Å². The molecule has 6 heteroatoms. The lowest BCUT2D eigenvalue weighted by Crippen LogP contribution is -2.18. The van der Waals surface area contributed by atoms with E-state index < -0.39 is 0 Å². The average molecular weight is 354 g/mol. The number of thiazole rings is 1. The smallest absolute Gasteiger partial charge is 0.227 e. The van der Waals surface area contributed by atoms with Crippen molar-refractivity contribution in [3.8, 4) is 11.3 Å². The highest BCUT2D eigenvalue weighted by atomic mass is 79.9. The Morgan fingerprint density at radius 1 is 1.35 bits per heavy atom. The summed E-state index contributed by atoms with van der Waals surface area (Å²) >= 11 is 4.92. The third-order valence-electron chi connectivity index (χ3n) is 2.76. The number of nitrogens with zero attached hydrogens (tertiary/aromatic N) is 1. The Bertz CT molecular complexity index is 595. The molecular weight excluding hydrogens is 338 g/mol. The van der Waals surface area contributed by atoms with E-state index in [1.807, 2.05) is 38.2 Å². The molecule has 0 unspecified atom stereocenters. The Kier molecular flexibility index (Phi) is 5.28. The first-order valence-electron chi connectivity index (χ1n) is 6.28. The minimum absolute atomic E-state index is 0.0181. The minimum atomic E-state index is -0.0181. The number of carbonyl (C=O) groups excluding carboxylic acids is 1. The van der Waals surface area contributed by atoms with Gasteiger partial charge in [0.05, 0.1) is 5.69 Å². The fourth-order valence-electron chi connectivity index (χ4n) is 1.75. The van der Waals surface area contributed by atoms with Crippen LogP contribution in [0.2, 0.25) is 0 Å². The quantitative estimate of drug-likeness (QED) is 0.865. The molecule has 2 aromatic rings. The summed E-state index contributed by atoms with van der Waals surface area (Å²) in [5, 5.41) is 6.44. The predicted octanol–water partition coefficient (Wildman–Crippen LogP) is 3.43. The summed E-state index contributed by atoms with van der Waals surface area (Å²) in [6, 6.07) is 8.00. The molecule has 1 amide bonds. The Morgan fingerprint density at radius 3 is 2.70 bits per heavy atom. The zero-order valence-corrected chi connectivity index (χ0v) is 13.8. The van der Waals surface area contributed by atoms with Gasteiger partial charge >= 0.3 is 0 Å². The van der Waals surface area contributed by atoms with Crippen LogP contribution in [0.5, 0.6) is 0 Å². The number of halogens is 1. The summed E-state index contributed by atoms with van der Waals surface area (Å²) in [5.74, 6) is -0.0181. The molecule has 0 radical (unpaired) electrons. The van der Waals surface area contributed by atoms with Gasteiger partial charge in [-0.2, -0.15) is 0 Å². The van der Waals surface area contributed by atoms with Crippen LogP contribution >= 0.6 is 27.3 Å². The van der Waals surface area contributed by atoms with Gasteiger partial charge in [-0.3, -0.25) is 4.79 Å². The summed E-state index contributed by atoms with van der Waals surface area (Å²) < 4.78 is 1.04. The molecule has 0 bridgehead atoms. The number of hydrogen-bond donors (Lipinski definition) is 2. The van der Waals surface area contributed by atoms with Crippen molar-refractivity contribution >= 4 is 38.3 Å². The molecule has 20 heavy (non-hydrogen) atoms. The number of amides is 1. The van der Waals surface area contributed by atoms with E-state index in [0.29, 0.717) is 18.1 Å². The van der Waals surface area contributed by atoms with Crippen LogP contribution in [0.4, 0.5) is 5.13 Å². The lowest BCUT2D eigenvalue weighted by atomic mass is 10.1. The topological polar surface area (TPSA) is 54.0 Å². The number of benzene rings is 1. The van der Waals surface area contributed by atoms with Crippen molar-refractivity contribution in [3.63, 3.8) is 0 Å². The zero-order valence-electron chi connectivity index (χ0n) is 11.4. The van der Waals surface area contributed by atoms with E-state index in [1.165, 1.54) is 11.3 Å². The third kappa shape index (κ3) is 3.88. The normalized spacial score (nSPS) is 10.6. The highest BCUT2D eigenvalue weighted by molar-refractivity contribution is 9.10. The highest BCUT2D eigenvalue weighted by Crippen LogP contribution is 2.31. The van der Waals surface area contributed by atoms with Crippen molar-refractivity contribution < 1.29 is 4.79 Å². The summed E-state index contributed by atoms with van der Waals surface area (Å²) in [6.07, 6.45) is 0.447. The predicted molar refractivity (Wildman–Crippen MR) is 87.2 cm³/mol. The van der Waals surface area contributed by atoms with Gasteiger partial charge in [0.15, 0.2) is 5.13 Å². The summed E-state index contributed by atoms with van der Waals surface area (Å²) in [4.78, 5) is 17.3. The van der Waals surface area contributed by atoms with Crippen LogP contribution < -0.4 is 10.6 Å². The van der Waals surface area contributed by atoms with E-state index in [9.17, 15) is 4.79 Å². The molecule has 0 aliphatic rings. The summed E-state index contributed by atoms with van der Waals surface area (Å²) in [6.45, 7) is 2.67. The fraction of sp³-hybridized carbons (Fsp3) is 0.286. The van der Waals surface area contributed by atoms with Crippen LogP contribution in [0.15, 0.2) is 28.7 Å². The zero-order chi connectivity index (χ0) is 14.5. The van der Waals surface area contributed by atoms with E-state index >= 15 is 0 Å². The van der Waals surface area contributed by atoms with Crippen LogP contribution in [-0.4, -0.2) is 24.5 Å². The Morgan fingerprint density at radius 2 is 2.05 bits per heavy atom. The lowest BCUT2D eigenvalue weighted by molar-refractivity contribution is -0.116. The maximum atomic E-state index is 11.7. The van der Waals surface area contributed by atoms with Gasteiger partial charge in [0, 0.05) is 27.9 Å². The van der Waals surface area contributed by atoms with Crippen LogP contribution in [0, 0.1) is 6.92 Å². The minimum Gasteiger partial charge on any atom is -0.319 e. The van der Waals surface area contributed by atoms with Gasteiger partial charge in [0.25, 0.3) is 0 Å². The standard InChI is InChI=1S/C14H16BrN3OS/c1-9-13(10-3-5-11(15)6-4-10)18-14(20-9)17-12(19)7-8-16-2/h3-6,16H,7-8H2,1-2H3,(H,17,18,19). The monoisotopic (exact) mass is 353 g/mol. The fourth-order valence-corrected chi connectivity index (χ4v) is 2.86. The van der Waals surface area contributed by atoms with Gasteiger partial charge in [0.1, 0.15) is 0 Å². The van der Waals surface area contributed by atoms with Gasteiger partial charge in [-0.15, -0.1) is 11.3 Å². The van der Waals surface area contributed by atoms with Crippen molar-refractivity contribution in [1.82, 2.24) is 10.3 Å². The maximum Gasteiger partial charge on any atom is 0.227 e. The Balaban J connectivity index is 2.13. The third-order valence-corrected chi connectivity index (χ3v) is 4.18. The molecule has 0 aliphatic carbocycles. The first-order valence-corrected chi connectivity index (χ1v) is 7.89. The molecule has 0 saturated heterocycles. The van der Waals surface area contributed by atoms with Gasteiger partial charge in [-0.05, 0) is 26.1 Å². The van der Waals surface area contributed by atoms with Crippen molar-refractivity contribution in [2.24, 2.45) is 0 Å². The van der Waals surface area contributed by atoms with Crippen LogP contribution in [0.3, 0.4) is 0 Å². The molecule has 2 rings (SSSR count). The van der Waals surface area contributed by atoms with Crippen LogP contribution in [0.1, 0.15) is 11.3 Å². The molecule has 1 heterocycles. The van der Waals surface area contributed by atoms with E-state index in [1.54, 1.807) is 0 Å². The van der Waals surface area contributed by atoms with E-state index in [4.69, 9.17) is 0 Å². The van der Waals surface area contributed by atoms with Gasteiger partial charge in [-0.25, -0.2) is 4.98 Å². The molecule has 0 spiro atoms. The van der Waals surface area contributed by atoms with Crippen LogP contribution in [-0.2, 0) is 4.79 Å². The number of carbonyl (C=O) groups is 1.